The molecule has 1 saturated carbocycles. The lowest BCUT2D eigenvalue weighted by Gasteiger charge is -2.35. The Kier molecular flexibility index (Phi) is 5.53. The number of hydrogen-bond donors (Lipinski definition) is 0. The summed E-state index contributed by atoms with van der Waals surface area (Å²) in [7, 11) is 0. The number of carbonyl (C=O) groups excluding carboxylic acids is 1. The van der Waals surface area contributed by atoms with Gasteiger partial charge in [0.05, 0.1) is 0 Å². The molecule has 1 amide bonds. The summed E-state index contributed by atoms with van der Waals surface area (Å²) >= 11 is 0. The lowest BCUT2D eigenvalue weighted by Crippen LogP contribution is -2.44. The largest absolute Gasteiger partial charge is 0.381 e. The van der Waals surface area contributed by atoms with Crippen LogP contribution >= 0.6 is 0 Å². The highest BCUT2D eigenvalue weighted by Gasteiger charge is 2.30. The molecule has 0 atom stereocenters. The highest BCUT2D eigenvalue weighted by molar-refractivity contribution is 5.77. The Morgan fingerprint density at radius 3 is 2.48 bits per heavy atom. The lowest BCUT2D eigenvalue weighted by molar-refractivity contribution is -0.136. The average molecular weight is 294 g/mol. The van der Waals surface area contributed by atoms with Gasteiger partial charge in [-0.15, -0.1) is 0 Å². The second-order valence-corrected chi connectivity index (χ2v) is 6.98. The number of hydrogen-bond acceptors (Lipinski definition) is 3. The normalized spacial score (nSPS) is 24.4. The van der Waals surface area contributed by atoms with Gasteiger partial charge in [-0.3, -0.25) is 4.79 Å². The molecule has 3 fully saturated rings. The van der Waals surface area contributed by atoms with E-state index in [9.17, 15) is 4.79 Å². The summed E-state index contributed by atoms with van der Waals surface area (Å²) in [5.41, 5.74) is 0. The molecule has 0 bridgehead atoms. The quantitative estimate of drug-likeness (QED) is 0.722. The summed E-state index contributed by atoms with van der Waals surface area (Å²) in [6.45, 7) is 6.28. The van der Waals surface area contributed by atoms with Crippen LogP contribution in [0.2, 0.25) is 0 Å². The van der Waals surface area contributed by atoms with Gasteiger partial charge < -0.3 is 14.5 Å². The Morgan fingerprint density at radius 2 is 1.81 bits per heavy atom. The Labute approximate surface area is 128 Å². The third-order valence-electron chi connectivity index (χ3n) is 5.18. The molecule has 120 valence electrons. The smallest absolute Gasteiger partial charge is 0.223 e. The van der Waals surface area contributed by atoms with Crippen LogP contribution in [0.4, 0.5) is 0 Å². The van der Waals surface area contributed by atoms with Crippen molar-refractivity contribution < 1.29 is 9.53 Å². The molecule has 0 radical (unpaired) electrons. The third kappa shape index (κ3) is 4.68. The molecular formula is C17H30N2O2. The molecule has 0 aromatic heterocycles. The zero-order chi connectivity index (χ0) is 14.5. The number of amides is 1. The molecule has 21 heavy (non-hydrogen) atoms. The first kappa shape index (κ1) is 15.3. The van der Waals surface area contributed by atoms with Crippen LogP contribution in [0.5, 0.6) is 0 Å². The Bertz CT molecular complexity index is 332. The number of nitrogens with zero attached hydrogens (tertiary/aromatic N) is 2. The topological polar surface area (TPSA) is 32.8 Å². The summed E-state index contributed by atoms with van der Waals surface area (Å²) in [5.74, 6) is 1.10. The van der Waals surface area contributed by atoms with Crippen molar-refractivity contribution in [1.29, 1.82) is 0 Å². The van der Waals surface area contributed by atoms with Gasteiger partial charge in [0.25, 0.3) is 0 Å². The fraction of sp³-hybridized carbons (Fsp3) is 0.941. The van der Waals surface area contributed by atoms with E-state index in [0.717, 1.165) is 52.0 Å². The van der Waals surface area contributed by atoms with E-state index in [4.69, 9.17) is 4.74 Å². The first-order chi connectivity index (χ1) is 10.3. The molecular weight excluding hydrogens is 264 g/mol. The predicted octanol–water partition coefficient (Wildman–Crippen LogP) is 2.28. The van der Waals surface area contributed by atoms with E-state index in [2.05, 4.69) is 9.80 Å². The molecule has 2 saturated heterocycles. The van der Waals surface area contributed by atoms with E-state index in [-0.39, 0.29) is 0 Å². The van der Waals surface area contributed by atoms with Crippen molar-refractivity contribution >= 4 is 5.91 Å². The fourth-order valence-electron chi connectivity index (χ4n) is 3.66. The van der Waals surface area contributed by atoms with E-state index >= 15 is 0 Å². The third-order valence-corrected chi connectivity index (χ3v) is 5.18. The van der Waals surface area contributed by atoms with Crippen LogP contribution in [0, 0.1) is 5.92 Å². The minimum absolute atomic E-state index is 0.408. The molecule has 2 aliphatic heterocycles. The molecule has 1 aliphatic carbocycles. The summed E-state index contributed by atoms with van der Waals surface area (Å²) < 4.78 is 5.46. The van der Waals surface area contributed by atoms with Crippen molar-refractivity contribution in [2.45, 2.75) is 57.4 Å². The minimum atomic E-state index is 0.408. The van der Waals surface area contributed by atoms with E-state index in [0.29, 0.717) is 17.9 Å². The number of rotatable bonds is 7. The van der Waals surface area contributed by atoms with Crippen LogP contribution in [-0.2, 0) is 9.53 Å². The van der Waals surface area contributed by atoms with E-state index in [1.807, 2.05) is 0 Å². The molecule has 0 aromatic carbocycles. The van der Waals surface area contributed by atoms with Gasteiger partial charge >= 0.3 is 0 Å². The van der Waals surface area contributed by atoms with Crippen molar-refractivity contribution in [1.82, 2.24) is 9.80 Å². The van der Waals surface area contributed by atoms with Gasteiger partial charge in [-0.2, -0.15) is 0 Å². The van der Waals surface area contributed by atoms with Gasteiger partial charge in [-0.25, -0.2) is 0 Å². The second kappa shape index (κ2) is 7.59. The number of likely N-dealkylation sites (tertiary alicyclic amines) is 1. The van der Waals surface area contributed by atoms with Gasteiger partial charge in [0.2, 0.25) is 5.91 Å². The monoisotopic (exact) mass is 294 g/mol. The highest BCUT2D eigenvalue weighted by Crippen LogP contribution is 2.33. The van der Waals surface area contributed by atoms with Crippen LogP contribution in [-0.4, -0.2) is 61.1 Å². The molecule has 2 heterocycles. The number of carbonyl (C=O) groups is 1. The van der Waals surface area contributed by atoms with Gasteiger partial charge in [-0.05, 0) is 70.5 Å². The van der Waals surface area contributed by atoms with E-state index < -0.39 is 0 Å². The zero-order valence-electron chi connectivity index (χ0n) is 13.3. The van der Waals surface area contributed by atoms with Gasteiger partial charge in [0.1, 0.15) is 0 Å². The van der Waals surface area contributed by atoms with Crippen molar-refractivity contribution in [3.63, 3.8) is 0 Å². The summed E-state index contributed by atoms with van der Waals surface area (Å²) in [4.78, 5) is 17.3. The summed E-state index contributed by atoms with van der Waals surface area (Å²) in [5, 5.41) is 0. The van der Waals surface area contributed by atoms with Crippen LogP contribution in [0.1, 0.15) is 51.4 Å². The van der Waals surface area contributed by atoms with E-state index in [1.165, 1.54) is 38.8 Å². The van der Waals surface area contributed by atoms with Crippen LogP contribution < -0.4 is 0 Å². The van der Waals surface area contributed by atoms with Gasteiger partial charge in [0.15, 0.2) is 0 Å². The Morgan fingerprint density at radius 1 is 1.10 bits per heavy atom. The number of ether oxygens (including phenoxy) is 1. The maximum Gasteiger partial charge on any atom is 0.223 e. The van der Waals surface area contributed by atoms with Gasteiger partial charge in [-0.1, -0.05) is 0 Å². The first-order valence-electron chi connectivity index (χ1n) is 8.92. The molecule has 4 nitrogen and oxygen atoms in total. The summed E-state index contributed by atoms with van der Waals surface area (Å²) in [6, 6.07) is 0.434. The van der Waals surface area contributed by atoms with Crippen molar-refractivity contribution in [3.8, 4) is 0 Å². The minimum Gasteiger partial charge on any atom is -0.381 e. The van der Waals surface area contributed by atoms with Crippen molar-refractivity contribution in [3.05, 3.63) is 0 Å². The Hall–Kier alpha value is -0.610. The molecule has 0 N–H and O–H groups in total. The molecule has 0 aromatic rings. The fourth-order valence-corrected chi connectivity index (χ4v) is 3.66. The van der Waals surface area contributed by atoms with Crippen molar-refractivity contribution in [2.75, 3.05) is 39.4 Å². The van der Waals surface area contributed by atoms with Crippen LogP contribution in [0.3, 0.4) is 0 Å². The SMILES string of the molecule is O=C(CC1CC1)N(CCCN1CCCC1)C1CCOCC1. The van der Waals surface area contributed by atoms with Crippen LogP contribution in [0.15, 0.2) is 0 Å². The predicted molar refractivity (Wildman–Crippen MR) is 83.2 cm³/mol. The molecule has 0 unspecified atom stereocenters. The van der Waals surface area contributed by atoms with Gasteiger partial charge in [0, 0.05) is 32.2 Å². The molecule has 4 heteroatoms. The highest BCUT2D eigenvalue weighted by atomic mass is 16.5. The maximum absolute atomic E-state index is 12.6. The standard InChI is InChI=1S/C17H30N2O2/c20-17(14-15-4-5-15)19(16-6-12-21-13-7-16)11-3-10-18-8-1-2-9-18/h15-16H,1-14H2. The summed E-state index contributed by atoms with van der Waals surface area (Å²) in [6.07, 6.45) is 9.21. The molecule has 3 rings (SSSR count). The first-order valence-corrected chi connectivity index (χ1v) is 8.92. The molecule has 0 spiro atoms. The maximum atomic E-state index is 12.6. The lowest BCUT2D eigenvalue weighted by atomic mass is 10.1. The average Bonchev–Trinajstić information content (AvgIpc) is 3.16. The van der Waals surface area contributed by atoms with Crippen molar-refractivity contribution in [2.24, 2.45) is 5.92 Å². The van der Waals surface area contributed by atoms with Crippen LogP contribution in [0.25, 0.3) is 0 Å². The molecule has 3 aliphatic rings. The Balaban J connectivity index is 1.48. The zero-order valence-corrected chi connectivity index (χ0v) is 13.3. The van der Waals surface area contributed by atoms with E-state index in [1.54, 1.807) is 0 Å². The second-order valence-electron chi connectivity index (χ2n) is 6.98.